The summed E-state index contributed by atoms with van der Waals surface area (Å²) in [4.78, 5) is 20.2. The number of aliphatic hydroxyl groups is 2. The van der Waals surface area contributed by atoms with Gasteiger partial charge in [0, 0.05) is 12.8 Å². The summed E-state index contributed by atoms with van der Waals surface area (Å²) in [6.45, 7) is -0.250. The third-order valence-corrected chi connectivity index (χ3v) is 1.88. The van der Waals surface area contributed by atoms with Crippen LogP contribution < -0.4 is 12.3 Å². The van der Waals surface area contributed by atoms with Gasteiger partial charge in [-0.2, -0.15) is 0 Å². The van der Waals surface area contributed by atoms with Crippen LogP contribution in [-0.2, 0) is 9.59 Å². The molecular formula is C11H28N2O6. The highest BCUT2D eigenvalue weighted by Crippen LogP contribution is 2.06. The zero-order valence-electron chi connectivity index (χ0n) is 11.4. The lowest BCUT2D eigenvalue weighted by atomic mass is 10.1. The fourth-order valence-corrected chi connectivity index (χ4v) is 1.08. The Hall–Kier alpha value is -1.22. The van der Waals surface area contributed by atoms with Gasteiger partial charge in [-0.15, -0.1) is 0 Å². The molecule has 8 heteroatoms. The Morgan fingerprint density at radius 3 is 1.11 bits per heavy atom. The monoisotopic (exact) mass is 284 g/mol. The Morgan fingerprint density at radius 2 is 0.895 bits per heavy atom. The Kier molecular flexibility index (Phi) is 30.5. The summed E-state index contributed by atoms with van der Waals surface area (Å²) >= 11 is 0. The maximum atomic E-state index is 10.1. The van der Waals surface area contributed by atoms with Crippen LogP contribution in [0.2, 0.25) is 0 Å². The number of hydrogen-bond donors (Lipinski definition) is 6. The number of hydrogen-bond acceptors (Lipinski definition) is 6. The normalized spacial score (nSPS) is 8.32. The largest absolute Gasteiger partial charge is 0.481 e. The molecule has 19 heavy (non-hydrogen) atoms. The Morgan fingerprint density at radius 1 is 0.632 bits per heavy atom. The van der Waals surface area contributed by atoms with Crippen LogP contribution in [0.5, 0.6) is 0 Å². The van der Waals surface area contributed by atoms with E-state index in [9.17, 15) is 9.59 Å². The van der Waals surface area contributed by atoms with Crippen LogP contribution in [0.15, 0.2) is 0 Å². The van der Waals surface area contributed by atoms with Crippen LogP contribution in [-0.4, -0.2) is 45.6 Å². The van der Waals surface area contributed by atoms with Gasteiger partial charge in [0.1, 0.15) is 0 Å². The summed E-state index contributed by atoms with van der Waals surface area (Å²) < 4.78 is 0. The zero-order valence-corrected chi connectivity index (χ0v) is 11.4. The smallest absolute Gasteiger partial charge is 0.303 e. The zero-order chi connectivity index (χ0) is 13.5. The number of carboxylic acids is 2. The molecule has 0 bridgehead atoms. The molecule has 0 fully saturated rings. The maximum Gasteiger partial charge on any atom is 0.303 e. The second kappa shape index (κ2) is 22.0. The second-order valence-corrected chi connectivity index (χ2v) is 3.50. The highest BCUT2D eigenvalue weighted by molar-refractivity contribution is 5.66. The van der Waals surface area contributed by atoms with Crippen LogP contribution in [0.1, 0.15) is 44.9 Å². The molecule has 0 spiro atoms. The molecule has 0 heterocycles. The Labute approximate surface area is 113 Å². The van der Waals surface area contributed by atoms with Gasteiger partial charge in [-0.25, -0.2) is 0 Å². The molecule has 0 aliphatic heterocycles. The first-order chi connectivity index (χ1) is 8.04. The summed E-state index contributed by atoms with van der Waals surface area (Å²) in [6.07, 6.45) is 4.53. The van der Waals surface area contributed by atoms with Crippen molar-refractivity contribution in [1.82, 2.24) is 12.3 Å². The first-order valence-electron chi connectivity index (χ1n) is 5.70. The van der Waals surface area contributed by atoms with Gasteiger partial charge in [0.05, 0.1) is 13.2 Å². The average molecular weight is 284 g/mol. The molecule has 0 atom stereocenters. The van der Waals surface area contributed by atoms with Crippen molar-refractivity contribution >= 4 is 11.9 Å². The quantitative estimate of drug-likeness (QED) is 0.340. The molecule has 118 valence electrons. The molecular weight excluding hydrogens is 256 g/mol. The van der Waals surface area contributed by atoms with E-state index in [0.29, 0.717) is 12.8 Å². The summed E-state index contributed by atoms with van der Waals surface area (Å²) in [7, 11) is 0. The lowest BCUT2D eigenvalue weighted by molar-refractivity contribution is -0.138. The Bertz CT molecular complexity index is 182. The van der Waals surface area contributed by atoms with Crippen molar-refractivity contribution in [1.29, 1.82) is 0 Å². The molecule has 0 aromatic rings. The number of unbranched alkanes of at least 4 members (excludes halogenated alkanes) is 4. The van der Waals surface area contributed by atoms with Crippen LogP contribution in [0, 0.1) is 0 Å². The van der Waals surface area contributed by atoms with Crippen molar-refractivity contribution in [2.45, 2.75) is 44.9 Å². The van der Waals surface area contributed by atoms with Crippen molar-refractivity contribution in [3.05, 3.63) is 0 Å². The van der Waals surface area contributed by atoms with Crippen LogP contribution >= 0.6 is 0 Å². The number of carboxylic acid groups (broad SMARTS) is 2. The minimum Gasteiger partial charge on any atom is -0.481 e. The molecule has 0 rings (SSSR count). The molecule has 0 aliphatic rings. The number of aliphatic carboxylic acids is 2. The van der Waals surface area contributed by atoms with Gasteiger partial charge in [-0.3, -0.25) is 9.59 Å². The van der Waals surface area contributed by atoms with E-state index in [1.54, 1.807) is 0 Å². The molecule has 0 saturated heterocycles. The summed E-state index contributed by atoms with van der Waals surface area (Å²) in [5, 5.41) is 31.9. The van der Waals surface area contributed by atoms with E-state index in [0.717, 1.165) is 19.3 Å². The van der Waals surface area contributed by atoms with Crippen LogP contribution in [0.3, 0.4) is 0 Å². The van der Waals surface area contributed by atoms with Crippen molar-refractivity contribution in [2.75, 3.05) is 13.2 Å². The average Bonchev–Trinajstić information content (AvgIpc) is 2.27. The van der Waals surface area contributed by atoms with Gasteiger partial charge in [-0.05, 0) is 12.8 Å². The third-order valence-electron chi connectivity index (χ3n) is 1.88. The molecule has 0 aromatic carbocycles. The van der Waals surface area contributed by atoms with Gasteiger partial charge < -0.3 is 32.7 Å². The van der Waals surface area contributed by atoms with E-state index in [1.165, 1.54) is 0 Å². The van der Waals surface area contributed by atoms with Crippen molar-refractivity contribution in [2.24, 2.45) is 0 Å². The molecule has 0 unspecified atom stereocenters. The minimum atomic E-state index is -0.759. The Balaban J connectivity index is -0.000000165. The van der Waals surface area contributed by atoms with E-state index in [-0.39, 0.29) is 38.4 Å². The SMILES string of the molecule is N.N.O=C(O)CCCCCCCC(=O)O.OCCO. The summed E-state index contributed by atoms with van der Waals surface area (Å²) in [6, 6.07) is 0. The lowest BCUT2D eigenvalue weighted by Gasteiger charge is -1.97. The van der Waals surface area contributed by atoms with E-state index in [1.807, 2.05) is 0 Å². The number of rotatable bonds is 9. The van der Waals surface area contributed by atoms with Crippen molar-refractivity contribution < 1.29 is 30.0 Å². The van der Waals surface area contributed by atoms with E-state index >= 15 is 0 Å². The number of aliphatic hydroxyl groups excluding tert-OH is 2. The predicted octanol–water partition coefficient (Wildman–Crippen LogP) is 1.18. The van der Waals surface area contributed by atoms with Crippen molar-refractivity contribution in [3.63, 3.8) is 0 Å². The molecule has 0 amide bonds. The fraction of sp³-hybridized carbons (Fsp3) is 0.818. The molecule has 10 N–H and O–H groups in total. The van der Waals surface area contributed by atoms with Crippen LogP contribution in [0.25, 0.3) is 0 Å². The van der Waals surface area contributed by atoms with Gasteiger partial charge in [0.15, 0.2) is 0 Å². The molecule has 0 saturated carbocycles. The topological polar surface area (TPSA) is 185 Å². The van der Waals surface area contributed by atoms with Crippen LogP contribution in [0.4, 0.5) is 0 Å². The first-order valence-corrected chi connectivity index (χ1v) is 5.70. The molecule has 0 aliphatic carbocycles. The van der Waals surface area contributed by atoms with E-state index in [4.69, 9.17) is 20.4 Å². The van der Waals surface area contributed by atoms with Gasteiger partial charge in [0.25, 0.3) is 0 Å². The first kappa shape index (κ1) is 26.4. The molecule has 0 aromatic heterocycles. The van der Waals surface area contributed by atoms with Gasteiger partial charge >= 0.3 is 11.9 Å². The highest BCUT2D eigenvalue weighted by Gasteiger charge is 1.98. The molecule has 0 radical (unpaired) electrons. The molecule has 8 nitrogen and oxygen atoms in total. The van der Waals surface area contributed by atoms with E-state index in [2.05, 4.69) is 0 Å². The summed E-state index contributed by atoms with van der Waals surface area (Å²) in [5.74, 6) is -1.52. The highest BCUT2D eigenvalue weighted by atomic mass is 16.4. The second-order valence-electron chi connectivity index (χ2n) is 3.50. The number of carbonyl (C=O) groups is 2. The fourth-order valence-electron chi connectivity index (χ4n) is 1.08. The third kappa shape index (κ3) is 38.3. The standard InChI is InChI=1S/C9H16O4.C2H6O2.2H3N/c10-8(11)6-4-2-1-3-5-7-9(12)13;3-1-2-4;;/h1-7H2,(H,10,11)(H,12,13);3-4H,1-2H2;2*1H3. The minimum absolute atomic E-state index is 0. The van der Waals surface area contributed by atoms with Crippen molar-refractivity contribution in [3.8, 4) is 0 Å². The van der Waals surface area contributed by atoms with Gasteiger partial charge in [0.2, 0.25) is 0 Å². The van der Waals surface area contributed by atoms with Gasteiger partial charge in [-0.1, -0.05) is 19.3 Å². The lowest BCUT2D eigenvalue weighted by Crippen LogP contribution is -1.95. The maximum absolute atomic E-state index is 10.1. The predicted molar refractivity (Wildman–Crippen MR) is 71.8 cm³/mol. The van der Waals surface area contributed by atoms with E-state index < -0.39 is 11.9 Å². The summed E-state index contributed by atoms with van der Waals surface area (Å²) in [5.41, 5.74) is 0.